The second-order valence-electron chi connectivity index (χ2n) is 14.3. The van der Waals surface area contributed by atoms with Crippen molar-refractivity contribution in [1.29, 1.82) is 0 Å². The number of aliphatic carboxylic acids is 1. The molecule has 3 heterocycles. The summed E-state index contributed by atoms with van der Waals surface area (Å²) in [6.07, 6.45) is 13.8. The van der Waals surface area contributed by atoms with Crippen LogP contribution in [0.4, 0.5) is 0 Å². The highest BCUT2D eigenvalue weighted by Crippen LogP contribution is 2.49. The van der Waals surface area contributed by atoms with Gasteiger partial charge in [-0.05, 0) is 102 Å². The van der Waals surface area contributed by atoms with E-state index >= 15 is 0 Å². The van der Waals surface area contributed by atoms with Gasteiger partial charge in [0.15, 0.2) is 5.69 Å². The molecular weight excluding hydrogens is 554 g/mol. The fraction of sp³-hybridized carbons (Fsp3) is 0.714. The number of fused-ring (bicyclic) bond motifs is 5. The molecule has 0 radical (unpaired) electrons. The van der Waals surface area contributed by atoms with E-state index in [2.05, 4.69) is 17.0 Å². The van der Waals surface area contributed by atoms with Gasteiger partial charge in [-0.2, -0.15) is 0 Å². The maximum absolute atomic E-state index is 14.4. The van der Waals surface area contributed by atoms with E-state index in [0.29, 0.717) is 37.0 Å². The Morgan fingerprint density at radius 2 is 1.68 bits per heavy atom. The number of carboxylic acid groups (broad SMARTS) is 1. The molecule has 9 heteroatoms. The molecule has 0 amide bonds. The molecule has 4 bridgehead atoms. The zero-order chi connectivity index (χ0) is 30.8. The van der Waals surface area contributed by atoms with Gasteiger partial charge in [-0.15, -0.1) is 0 Å². The summed E-state index contributed by atoms with van der Waals surface area (Å²) in [4.78, 5) is 41.2. The van der Waals surface area contributed by atoms with E-state index in [4.69, 9.17) is 9.82 Å². The minimum atomic E-state index is -0.940. The van der Waals surface area contributed by atoms with Gasteiger partial charge in [0.1, 0.15) is 12.3 Å². The smallest absolute Gasteiger partial charge is 0.303 e. The number of para-hydroxylation sites is 2. The Balaban J connectivity index is 1.30. The maximum Gasteiger partial charge on any atom is 0.303 e. The van der Waals surface area contributed by atoms with E-state index in [1.807, 2.05) is 47.8 Å². The molecular formula is C35H51N5O4. The van der Waals surface area contributed by atoms with Crippen LogP contribution in [-0.4, -0.2) is 81.5 Å². The van der Waals surface area contributed by atoms with E-state index in [9.17, 15) is 14.7 Å². The zero-order valence-electron chi connectivity index (χ0n) is 26.9. The number of oxime groups is 1. The van der Waals surface area contributed by atoms with Crippen LogP contribution in [0.25, 0.3) is 11.0 Å². The van der Waals surface area contributed by atoms with E-state index < -0.39 is 5.97 Å². The first-order valence-corrected chi connectivity index (χ1v) is 17.1. The summed E-state index contributed by atoms with van der Waals surface area (Å²) in [5.74, 6) is 1.75. The van der Waals surface area contributed by atoms with Crippen LogP contribution in [0, 0.1) is 17.8 Å². The topological polar surface area (TPSA) is 100 Å². The van der Waals surface area contributed by atoms with Gasteiger partial charge >= 0.3 is 5.97 Å². The minimum Gasteiger partial charge on any atom is -0.481 e. The summed E-state index contributed by atoms with van der Waals surface area (Å²) in [6, 6.07) is 9.61. The van der Waals surface area contributed by atoms with Crippen LogP contribution in [0.1, 0.15) is 102 Å². The first-order chi connectivity index (χ1) is 21.3. The van der Waals surface area contributed by atoms with Crippen LogP contribution in [-0.2, 0) is 9.63 Å². The predicted octanol–water partition coefficient (Wildman–Crippen LogP) is 5.71. The van der Waals surface area contributed by atoms with Gasteiger partial charge < -0.3 is 19.4 Å². The van der Waals surface area contributed by atoms with Gasteiger partial charge in [0.25, 0.3) is 5.56 Å². The Kier molecular flexibility index (Phi) is 9.71. The van der Waals surface area contributed by atoms with E-state index in [1.165, 1.54) is 57.8 Å². The summed E-state index contributed by atoms with van der Waals surface area (Å²) in [5, 5.41) is 13.7. The van der Waals surface area contributed by atoms with Gasteiger partial charge in [-0.1, -0.05) is 37.1 Å². The standard InChI is InChI=1S/C35H51N5O4/c1-4-23-16-24-18-25(17-23)20-28(19-24)39-26-8-7-9-27(39)22-29(21-26)40-32-11-6-5-10-30(32)36-34(35(40)43)31(12-13-33(41)42)37-44-15-14-38(2)3/h5-6,10-11,23-29H,4,7-9,12-22H2,1-3H3,(H,41,42)/t23?,24-,25+,26-,27+,28?,29?. The second-order valence-corrected chi connectivity index (χ2v) is 14.3. The number of likely N-dealkylation sites (N-methyl/N-ethyl adjacent to an activating group) is 1. The number of benzene rings is 1. The zero-order valence-corrected chi connectivity index (χ0v) is 26.9. The molecule has 9 nitrogen and oxygen atoms in total. The van der Waals surface area contributed by atoms with Crippen LogP contribution in [0.5, 0.6) is 0 Å². The van der Waals surface area contributed by atoms with Gasteiger partial charge in [-0.3, -0.25) is 14.5 Å². The number of rotatable bonds is 11. The summed E-state index contributed by atoms with van der Waals surface area (Å²) in [5.41, 5.74) is 1.93. The number of carboxylic acids is 1. The Hall–Kier alpha value is -2.78. The number of aromatic nitrogens is 2. The molecule has 3 unspecified atom stereocenters. The van der Waals surface area contributed by atoms with Gasteiger partial charge in [0.05, 0.1) is 17.5 Å². The molecule has 2 aliphatic heterocycles. The third-order valence-corrected chi connectivity index (χ3v) is 11.0. The van der Waals surface area contributed by atoms with E-state index in [0.717, 1.165) is 41.6 Å². The largest absolute Gasteiger partial charge is 0.481 e. The molecule has 4 fully saturated rings. The first kappa shape index (κ1) is 31.2. The highest BCUT2D eigenvalue weighted by Gasteiger charge is 2.46. The second kappa shape index (κ2) is 13.7. The normalized spacial score (nSPS) is 30.9. The van der Waals surface area contributed by atoms with Crippen molar-refractivity contribution in [3.05, 3.63) is 40.3 Å². The van der Waals surface area contributed by atoms with Crippen molar-refractivity contribution in [1.82, 2.24) is 19.4 Å². The van der Waals surface area contributed by atoms with Crippen LogP contribution in [0.3, 0.4) is 0 Å². The molecule has 1 aromatic heterocycles. The molecule has 7 atom stereocenters. The molecule has 1 N–H and O–H groups in total. The number of hydrogen-bond donors (Lipinski definition) is 1. The third kappa shape index (κ3) is 6.74. The Labute approximate surface area is 261 Å². The van der Waals surface area contributed by atoms with Crippen LogP contribution >= 0.6 is 0 Å². The van der Waals surface area contributed by atoms with Crippen molar-refractivity contribution in [3.63, 3.8) is 0 Å². The predicted molar refractivity (Wildman–Crippen MR) is 173 cm³/mol. The SMILES string of the molecule is CCC1C[C@@H]2CC(N3[C@@H]4CCC[C@H]3CC(n3c(=O)c(C(CCC(=O)O)=NOCCN(C)C)nc5ccccc53)C4)C[C@H](C1)C2. The lowest BCUT2D eigenvalue weighted by Crippen LogP contribution is -2.59. The fourth-order valence-electron chi connectivity index (χ4n) is 9.21. The molecule has 4 aliphatic rings. The molecule has 2 aliphatic carbocycles. The summed E-state index contributed by atoms with van der Waals surface area (Å²) >= 11 is 0. The minimum absolute atomic E-state index is 0.0728. The monoisotopic (exact) mass is 605 g/mol. The summed E-state index contributed by atoms with van der Waals surface area (Å²) < 4.78 is 1.98. The Bertz CT molecular complexity index is 1380. The molecule has 0 spiro atoms. The van der Waals surface area contributed by atoms with Crippen molar-refractivity contribution >= 4 is 22.7 Å². The first-order valence-electron chi connectivity index (χ1n) is 17.1. The Morgan fingerprint density at radius 1 is 0.977 bits per heavy atom. The number of carbonyl (C=O) groups is 1. The Morgan fingerprint density at radius 3 is 2.34 bits per heavy atom. The van der Waals surface area contributed by atoms with Crippen molar-refractivity contribution in [2.24, 2.45) is 22.9 Å². The highest BCUT2D eigenvalue weighted by molar-refractivity contribution is 6.00. The van der Waals surface area contributed by atoms with Crippen molar-refractivity contribution < 1.29 is 14.7 Å². The van der Waals surface area contributed by atoms with Gasteiger partial charge in [0, 0.05) is 37.1 Å². The van der Waals surface area contributed by atoms with Crippen molar-refractivity contribution in [3.8, 4) is 0 Å². The van der Waals surface area contributed by atoms with Crippen LogP contribution in [0.2, 0.25) is 0 Å². The molecule has 2 aromatic rings. The number of piperidine rings is 2. The lowest BCUT2D eigenvalue weighted by molar-refractivity contribution is -0.136. The molecule has 44 heavy (non-hydrogen) atoms. The van der Waals surface area contributed by atoms with Crippen molar-refractivity contribution in [2.45, 2.75) is 115 Å². The van der Waals surface area contributed by atoms with Gasteiger partial charge in [-0.25, -0.2) is 4.98 Å². The molecule has 2 saturated carbocycles. The number of nitrogens with zero attached hydrogens (tertiary/aromatic N) is 5. The molecule has 1 aromatic carbocycles. The molecule has 2 saturated heterocycles. The third-order valence-electron chi connectivity index (χ3n) is 11.0. The fourth-order valence-corrected chi connectivity index (χ4v) is 9.21. The van der Waals surface area contributed by atoms with E-state index in [1.54, 1.807) is 0 Å². The maximum atomic E-state index is 14.4. The number of hydrogen-bond acceptors (Lipinski definition) is 7. The van der Waals surface area contributed by atoms with E-state index in [-0.39, 0.29) is 30.1 Å². The van der Waals surface area contributed by atoms with Crippen LogP contribution < -0.4 is 5.56 Å². The average Bonchev–Trinajstić information content (AvgIpc) is 2.99. The van der Waals surface area contributed by atoms with Crippen LogP contribution in [0.15, 0.2) is 34.2 Å². The summed E-state index contributed by atoms with van der Waals surface area (Å²) in [6.45, 7) is 3.37. The lowest BCUT2D eigenvalue weighted by atomic mass is 9.64. The van der Waals surface area contributed by atoms with Crippen molar-refractivity contribution in [2.75, 3.05) is 27.2 Å². The lowest BCUT2D eigenvalue weighted by Gasteiger charge is -2.56. The summed E-state index contributed by atoms with van der Waals surface area (Å²) in [7, 11) is 3.90. The van der Waals surface area contributed by atoms with Gasteiger partial charge in [0.2, 0.25) is 0 Å². The average molecular weight is 606 g/mol. The highest BCUT2D eigenvalue weighted by atomic mass is 16.6. The molecule has 6 rings (SSSR count). The molecule has 240 valence electrons. The quantitative estimate of drug-likeness (QED) is 0.199.